The maximum Gasteiger partial charge on any atom is 0.122 e. The van der Waals surface area contributed by atoms with Gasteiger partial charge in [0.2, 0.25) is 0 Å². The van der Waals surface area contributed by atoms with Gasteiger partial charge in [-0.05, 0) is 31.0 Å². The SMILES string of the molecule is COc1cc([C@@H](N)[C@H](C)O)ccc1C. The molecule has 0 aromatic heterocycles. The third-order valence-corrected chi connectivity index (χ3v) is 2.34. The zero-order valence-corrected chi connectivity index (χ0v) is 8.82. The highest BCUT2D eigenvalue weighted by atomic mass is 16.5. The number of hydrogen-bond donors (Lipinski definition) is 2. The van der Waals surface area contributed by atoms with Gasteiger partial charge in [-0.2, -0.15) is 0 Å². The molecule has 3 heteroatoms. The highest BCUT2D eigenvalue weighted by Gasteiger charge is 2.13. The van der Waals surface area contributed by atoms with Crippen LogP contribution in [-0.4, -0.2) is 18.3 Å². The lowest BCUT2D eigenvalue weighted by Crippen LogP contribution is -2.23. The average molecular weight is 195 g/mol. The Labute approximate surface area is 84.5 Å². The second-order valence-electron chi connectivity index (χ2n) is 3.50. The number of aliphatic hydroxyl groups excluding tert-OH is 1. The van der Waals surface area contributed by atoms with E-state index in [9.17, 15) is 5.11 Å². The Balaban J connectivity index is 3.00. The molecule has 3 N–H and O–H groups in total. The zero-order valence-electron chi connectivity index (χ0n) is 8.82. The van der Waals surface area contributed by atoms with Gasteiger partial charge in [0.1, 0.15) is 5.75 Å². The fraction of sp³-hybridized carbons (Fsp3) is 0.455. The van der Waals surface area contributed by atoms with E-state index in [2.05, 4.69) is 0 Å². The average Bonchev–Trinajstić information content (AvgIpc) is 2.17. The van der Waals surface area contributed by atoms with E-state index >= 15 is 0 Å². The molecule has 1 rings (SSSR count). The van der Waals surface area contributed by atoms with Crippen LogP contribution in [0.2, 0.25) is 0 Å². The van der Waals surface area contributed by atoms with Gasteiger partial charge in [0.25, 0.3) is 0 Å². The largest absolute Gasteiger partial charge is 0.496 e. The minimum atomic E-state index is -0.553. The van der Waals surface area contributed by atoms with Crippen LogP contribution in [0, 0.1) is 6.92 Å². The van der Waals surface area contributed by atoms with Crippen molar-refractivity contribution < 1.29 is 9.84 Å². The summed E-state index contributed by atoms with van der Waals surface area (Å²) in [5.74, 6) is 0.804. The summed E-state index contributed by atoms with van der Waals surface area (Å²) in [5.41, 5.74) is 7.76. The van der Waals surface area contributed by atoms with Crippen LogP contribution < -0.4 is 10.5 Å². The second kappa shape index (κ2) is 4.44. The second-order valence-corrected chi connectivity index (χ2v) is 3.50. The van der Waals surface area contributed by atoms with Crippen molar-refractivity contribution in [3.8, 4) is 5.75 Å². The lowest BCUT2D eigenvalue weighted by atomic mass is 10.0. The van der Waals surface area contributed by atoms with Crippen molar-refractivity contribution in [3.05, 3.63) is 29.3 Å². The van der Waals surface area contributed by atoms with E-state index in [1.165, 1.54) is 0 Å². The Morgan fingerprint density at radius 2 is 2.07 bits per heavy atom. The summed E-state index contributed by atoms with van der Waals surface area (Å²) in [6.45, 7) is 3.65. The number of hydrogen-bond acceptors (Lipinski definition) is 3. The van der Waals surface area contributed by atoms with Crippen molar-refractivity contribution >= 4 is 0 Å². The van der Waals surface area contributed by atoms with Crippen LogP contribution in [-0.2, 0) is 0 Å². The van der Waals surface area contributed by atoms with Crippen LogP contribution in [0.1, 0.15) is 24.1 Å². The van der Waals surface area contributed by atoms with E-state index in [1.807, 2.05) is 25.1 Å². The molecule has 0 aliphatic rings. The topological polar surface area (TPSA) is 55.5 Å². The lowest BCUT2D eigenvalue weighted by molar-refractivity contribution is 0.164. The summed E-state index contributed by atoms with van der Waals surface area (Å²) in [6, 6.07) is 5.36. The van der Waals surface area contributed by atoms with E-state index in [1.54, 1.807) is 14.0 Å². The maximum atomic E-state index is 9.34. The predicted octanol–water partition coefficient (Wildman–Crippen LogP) is 1.38. The Bertz CT molecular complexity index is 310. The Hall–Kier alpha value is -1.06. The van der Waals surface area contributed by atoms with Crippen molar-refractivity contribution in [3.63, 3.8) is 0 Å². The molecule has 0 aliphatic heterocycles. The van der Waals surface area contributed by atoms with Crippen LogP contribution in [0.15, 0.2) is 18.2 Å². The normalized spacial score (nSPS) is 14.9. The molecule has 0 saturated heterocycles. The fourth-order valence-corrected chi connectivity index (χ4v) is 1.32. The van der Waals surface area contributed by atoms with Gasteiger partial charge >= 0.3 is 0 Å². The summed E-state index contributed by atoms with van der Waals surface area (Å²) in [4.78, 5) is 0. The minimum Gasteiger partial charge on any atom is -0.496 e. The Morgan fingerprint density at radius 3 is 2.57 bits per heavy atom. The number of ether oxygens (including phenoxy) is 1. The number of nitrogens with two attached hydrogens (primary N) is 1. The van der Waals surface area contributed by atoms with Crippen LogP contribution in [0.25, 0.3) is 0 Å². The van der Waals surface area contributed by atoms with Gasteiger partial charge in [0, 0.05) is 0 Å². The highest BCUT2D eigenvalue weighted by Crippen LogP contribution is 2.23. The van der Waals surface area contributed by atoms with Crippen molar-refractivity contribution in [1.82, 2.24) is 0 Å². The molecule has 0 unspecified atom stereocenters. The van der Waals surface area contributed by atoms with Gasteiger partial charge in [-0.15, -0.1) is 0 Å². The third kappa shape index (κ3) is 2.25. The molecular weight excluding hydrogens is 178 g/mol. The van der Waals surface area contributed by atoms with Crippen LogP contribution in [0.4, 0.5) is 0 Å². The molecule has 1 aromatic rings. The number of rotatable bonds is 3. The first kappa shape index (κ1) is 11.0. The molecule has 2 atom stereocenters. The van der Waals surface area contributed by atoms with Gasteiger partial charge in [0.05, 0.1) is 19.3 Å². The number of aryl methyl sites for hydroxylation is 1. The first-order valence-corrected chi connectivity index (χ1v) is 4.64. The molecule has 1 aromatic carbocycles. The highest BCUT2D eigenvalue weighted by molar-refractivity contribution is 5.37. The minimum absolute atomic E-state index is 0.357. The standard InChI is InChI=1S/C11H17NO2/c1-7-4-5-9(6-10(7)14-3)11(12)8(2)13/h4-6,8,11,13H,12H2,1-3H3/t8-,11-/m0/s1. The number of benzene rings is 1. The molecule has 0 heterocycles. The molecule has 0 aliphatic carbocycles. The van der Waals surface area contributed by atoms with Crippen molar-refractivity contribution in [1.29, 1.82) is 0 Å². The number of methoxy groups -OCH3 is 1. The molecule has 0 amide bonds. The molecule has 0 saturated carbocycles. The van der Waals surface area contributed by atoms with E-state index in [0.29, 0.717) is 0 Å². The Kier molecular flexibility index (Phi) is 3.49. The summed E-state index contributed by atoms with van der Waals surface area (Å²) in [7, 11) is 1.63. The molecule has 78 valence electrons. The van der Waals surface area contributed by atoms with Gasteiger partial charge in [-0.1, -0.05) is 12.1 Å². The van der Waals surface area contributed by atoms with Gasteiger partial charge in [-0.3, -0.25) is 0 Å². The first-order valence-electron chi connectivity index (χ1n) is 4.64. The van der Waals surface area contributed by atoms with Gasteiger partial charge < -0.3 is 15.6 Å². The monoisotopic (exact) mass is 195 g/mol. The van der Waals surface area contributed by atoms with E-state index in [-0.39, 0.29) is 6.04 Å². The third-order valence-electron chi connectivity index (χ3n) is 2.34. The quantitative estimate of drug-likeness (QED) is 0.766. The van der Waals surface area contributed by atoms with Gasteiger partial charge in [0.15, 0.2) is 0 Å². The smallest absolute Gasteiger partial charge is 0.122 e. The Morgan fingerprint density at radius 1 is 1.43 bits per heavy atom. The molecule has 14 heavy (non-hydrogen) atoms. The van der Waals surface area contributed by atoms with Crippen LogP contribution in [0.3, 0.4) is 0 Å². The number of aliphatic hydroxyl groups is 1. The summed E-state index contributed by atoms with van der Waals surface area (Å²) < 4.78 is 5.18. The lowest BCUT2D eigenvalue weighted by Gasteiger charge is -2.16. The molecule has 0 spiro atoms. The summed E-state index contributed by atoms with van der Waals surface area (Å²) >= 11 is 0. The van der Waals surface area contributed by atoms with Crippen molar-refractivity contribution in [2.75, 3.05) is 7.11 Å². The molecule has 3 nitrogen and oxygen atoms in total. The van der Waals surface area contributed by atoms with Crippen LogP contribution in [0.5, 0.6) is 5.75 Å². The fourth-order valence-electron chi connectivity index (χ4n) is 1.32. The summed E-state index contributed by atoms with van der Waals surface area (Å²) in [5, 5.41) is 9.34. The molecular formula is C11H17NO2. The molecule has 0 bridgehead atoms. The van der Waals surface area contributed by atoms with E-state index < -0.39 is 6.10 Å². The van der Waals surface area contributed by atoms with Gasteiger partial charge in [-0.25, -0.2) is 0 Å². The zero-order chi connectivity index (χ0) is 10.7. The maximum absolute atomic E-state index is 9.34. The molecule has 0 radical (unpaired) electrons. The summed E-state index contributed by atoms with van der Waals surface area (Å²) in [6.07, 6.45) is -0.553. The van der Waals surface area contributed by atoms with E-state index in [0.717, 1.165) is 16.9 Å². The van der Waals surface area contributed by atoms with E-state index in [4.69, 9.17) is 10.5 Å². The van der Waals surface area contributed by atoms with Crippen LogP contribution >= 0.6 is 0 Å². The first-order chi connectivity index (χ1) is 6.56. The molecule has 0 fully saturated rings. The van der Waals surface area contributed by atoms with Crippen molar-refractivity contribution in [2.24, 2.45) is 5.73 Å². The predicted molar refractivity (Wildman–Crippen MR) is 56.3 cm³/mol. The van der Waals surface area contributed by atoms with Crippen molar-refractivity contribution in [2.45, 2.75) is 26.0 Å².